The number of hydrogen-bond donors (Lipinski definition) is 13. The van der Waals surface area contributed by atoms with Crippen LogP contribution in [0.4, 0.5) is 0 Å². The van der Waals surface area contributed by atoms with Crippen LogP contribution in [0.5, 0.6) is 0 Å². The van der Waals surface area contributed by atoms with Gasteiger partial charge in [0, 0.05) is 25.7 Å². The van der Waals surface area contributed by atoms with Crippen molar-refractivity contribution in [3.8, 4) is 0 Å². The van der Waals surface area contributed by atoms with Crippen LogP contribution in [0.25, 0.3) is 0 Å². The summed E-state index contributed by atoms with van der Waals surface area (Å²) in [7, 11) is 0. The largest absolute Gasteiger partial charge is 0.480 e. The summed E-state index contributed by atoms with van der Waals surface area (Å²) < 4.78 is 0. The van der Waals surface area contributed by atoms with Crippen LogP contribution in [0, 0.1) is 0 Å². The Bertz CT molecular complexity index is 1330. The Labute approximate surface area is 290 Å². The molecule has 0 aromatic heterocycles. The molecule has 0 bridgehead atoms. The van der Waals surface area contributed by atoms with Crippen LogP contribution in [-0.2, 0) is 52.7 Å². The summed E-state index contributed by atoms with van der Waals surface area (Å²) in [4.78, 5) is 131. The molecule has 0 saturated carbocycles. The van der Waals surface area contributed by atoms with E-state index < -0.39 is 121 Å². The fourth-order valence-corrected chi connectivity index (χ4v) is 3.90. The predicted octanol–water partition coefficient (Wildman–Crippen LogP) is -8.38. The number of rotatable bonds is 26. The fourth-order valence-electron chi connectivity index (χ4n) is 3.90. The number of carbonyl (C=O) groups excluding carboxylic acids is 10. The first kappa shape index (κ1) is 45.1. The van der Waals surface area contributed by atoms with Crippen molar-refractivity contribution >= 4 is 65.0 Å². The molecular weight excluding hydrogens is 686 g/mol. The molecule has 24 nitrogen and oxygen atoms in total. The number of hydrogen-bond acceptors (Lipinski definition) is 13. The zero-order chi connectivity index (χ0) is 39.3. The van der Waals surface area contributed by atoms with Gasteiger partial charge in [-0.25, -0.2) is 4.79 Å². The van der Waals surface area contributed by atoms with Gasteiger partial charge < -0.3 is 70.8 Å². The van der Waals surface area contributed by atoms with Gasteiger partial charge in [0.15, 0.2) is 0 Å². The number of primary amides is 4. The van der Waals surface area contributed by atoms with Gasteiger partial charge in [0.1, 0.15) is 24.2 Å². The Morgan fingerprint density at radius 3 is 1.24 bits per heavy atom. The van der Waals surface area contributed by atoms with Gasteiger partial charge in [0.25, 0.3) is 0 Å². The van der Waals surface area contributed by atoms with Crippen LogP contribution in [0.1, 0.15) is 51.4 Å². The third-order valence-corrected chi connectivity index (χ3v) is 6.66. The number of aliphatic carboxylic acids is 1. The molecule has 0 saturated heterocycles. The van der Waals surface area contributed by atoms with Gasteiger partial charge in [-0.2, -0.15) is 0 Å². The van der Waals surface area contributed by atoms with E-state index in [1.807, 2.05) is 0 Å². The van der Waals surface area contributed by atoms with E-state index in [1.165, 1.54) is 0 Å². The van der Waals surface area contributed by atoms with E-state index in [9.17, 15) is 63.0 Å². The zero-order valence-corrected chi connectivity index (χ0v) is 27.4. The standard InChI is InChI=1S/C27H45N11O13/c28-12(1-5-17(29)40)23(46)37-14(3-7-19(31)42)26(49)38-16(11-39)25(48)34-9-21(44)35-13(2-6-18(30)41)24(47)33-10-22(45)36-15(27(50)51)4-8-20(32)43/h12-16,39H,1-11,28H2,(H2,29,40)(H2,30,41)(H2,31,42)(H2,32,43)(H,33,47)(H,34,48)(H,35,44)(H,36,45)(H,37,46)(H,38,49)(H,50,51)/t12-,13-,14-,15-,16-/m0/s1. The van der Waals surface area contributed by atoms with Crippen LogP contribution >= 0.6 is 0 Å². The number of nitrogens with two attached hydrogens (primary N) is 5. The number of carboxylic acid groups (broad SMARTS) is 1. The van der Waals surface area contributed by atoms with Crippen molar-refractivity contribution in [1.82, 2.24) is 31.9 Å². The van der Waals surface area contributed by atoms with Gasteiger partial charge in [0.2, 0.25) is 59.1 Å². The topological polar surface area (TPSA) is 431 Å². The second kappa shape index (κ2) is 23.4. The van der Waals surface area contributed by atoms with Gasteiger partial charge in [-0.3, -0.25) is 47.9 Å². The molecule has 18 N–H and O–H groups in total. The molecule has 24 heteroatoms. The molecular formula is C27H45N11O13. The molecule has 0 spiro atoms. The summed E-state index contributed by atoms with van der Waals surface area (Å²) in [5.41, 5.74) is 25.9. The molecule has 0 rings (SSSR count). The van der Waals surface area contributed by atoms with Crippen LogP contribution in [0.15, 0.2) is 0 Å². The van der Waals surface area contributed by atoms with Gasteiger partial charge >= 0.3 is 5.97 Å². The molecule has 0 aromatic carbocycles. The maximum Gasteiger partial charge on any atom is 0.326 e. The average Bonchev–Trinajstić information content (AvgIpc) is 3.04. The predicted molar refractivity (Wildman–Crippen MR) is 170 cm³/mol. The first-order valence-corrected chi connectivity index (χ1v) is 15.2. The SMILES string of the molecule is NC(=O)CC[C@H](NC(=O)CNC(=O)[C@H](CCC(N)=O)NC(=O)CNC(=O)[C@H](CO)NC(=O)[C@H](CCC(N)=O)NC(=O)[C@@H](N)CCC(N)=O)C(=O)O. The lowest BCUT2D eigenvalue weighted by molar-refractivity contribution is -0.142. The normalized spacial score (nSPS) is 13.5. The van der Waals surface area contributed by atoms with Crippen molar-refractivity contribution in [2.24, 2.45) is 28.7 Å². The number of carbonyl (C=O) groups is 11. The summed E-state index contributed by atoms with van der Waals surface area (Å²) in [6.07, 6.45) is -2.58. The number of carboxylic acids is 1. The lowest BCUT2D eigenvalue weighted by Gasteiger charge is -2.23. The van der Waals surface area contributed by atoms with Crippen molar-refractivity contribution in [2.45, 2.75) is 81.6 Å². The molecule has 10 amide bonds. The lowest BCUT2D eigenvalue weighted by atomic mass is 10.1. The van der Waals surface area contributed by atoms with Gasteiger partial charge in [0.05, 0.1) is 25.7 Å². The van der Waals surface area contributed by atoms with Crippen LogP contribution in [0.3, 0.4) is 0 Å². The van der Waals surface area contributed by atoms with E-state index >= 15 is 0 Å². The van der Waals surface area contributed by atoms with Crippen molar-refractivity contribution < 1.29 is 63.0 Å². The average molecular weight is 732 g/mol. The molecule has 0 aliphatic heterocycles. The fraction of sp³-hybridized carbons (Fsp3) is 0.593. The smallest absolute Gasteiger partial charge is 0.326 e. The molecule has 5 atom stereocenters. The monoisotopic (exact) mass is 731 g/mol. The van der Waals surface area contributed by atoms with Crippen molar-refractivity contribution in [1.29, 1.82) is 0 Å². The maximum absolute atomic E-state index is 12.9. The highest BCUT2D eigenvalue weighted by Gasteiger charge is 2.29. The molecule has 0 fully saturated rings. The van der Waals surface area contributed by atoms with Crippen molar-refractivity contribution in [3.05, 3.63) is 0 Å². The molecule has 0 heterocycles. The maximum atomic E-state index is 12.9. The Balaban J connectivity index is 5.37. The zero-order valence-electron chi connectivity index (χ0n) is 27.4. The minimum absolute atomic E-state index is 0.164. The minimum Gasteiger partial charge on any atom is -0.480 e. The first-order chi connectivity index (χ1) is 23.8. The summed E-state index contributed by atoms with van der Waals surface area (Å²) in [5, 5.41) is 31.8. The number of amides is 10. The minimum atomic E-state index is -1.70. The third-order valence-electron chi connectivity index (χ3n) is 6.66. The molecule has 286 valence electrons. The first-order valence-electron chi connectivity index (χ1n) is 15.2. The number of nitrogens with one attached hydrogen (secondary N) is 6. The van der Waals surface area contributed by atoms with Gasteiger partial charge in [-0.15, -0.1) is 0 Å². The quantitative estimate of drug-likeness (QED) is 0.0393. The van der Waals surface area contributed by atoms with Gasteiger partial charge in [-0.05, 0) is 25.7 Å². The van der Waals surface area contributed by atoms with Crippen molar-refractivity contribution in [3.63, 3.8) is 0 Å². The van der Waals surface area contributed by atoms with Gasteiger partial charge in [-0.1, -0.05) is 0 Å². The van der Waals surface area contributed by atoms with E-state index in [1.54, 1.807) is 0 Å². The molecule has 0 aliphatic carbocycles. The molecule has 51 heavy (non-hydrogen) atoms. The van der Waals surface area contributed by atoms with E-state index in [0.29, 0.717) is 0 Å². The van der Waals surface area contributed by atoms with E-state index in [0.717, 1.165) is 0 Å². The third kappa shape index (κ3) is 20.3. The Morgan fingerprint density at radius 1 is 0.471 bits per heavy atom. The molecule has 0 aromatic rings. The van der Waals surface area contributed by atoms with Crippen LogP contribution in [-0.4, -0.2) is 125 Å². The highest BCUT2D eigenvalue weighted by atomic mass is 16.4. The van der Waals surface area contributed by atoms with E-state index in [2.05, 4.69) is 31.9 Å². The van der Waals surface area contributed by atoms with Crippen molar-refractivity contribution in [2.75, 3.05) is 19.7 Å². The highest BCUT2D eigenvalue weighted by molar-refractivity contribution is 5.96. The second-order valence-corrected chi connectivity index (χ2v) is 10.9. The summed E-state index contributed by atoms with van der Waals surface area (Å²) in [6.45, 7) is -2.63. The Morgan fingerprint density at radius 2 is 0.824 bits per heavy atom. The molecule has 0 aliphatic rings. The van der Waals surface area contributed by atoms with E-state index in [4.69, 9.17) is 28.7 Å². The van der Waals surface area contributed by atoms with Crippen LogP contribution < -0.4 is 60.6 Å². The Kier molecular flexibility index (Phi) is 20.7. The lowest BCUT2D eigenvalue weighted by Crippen LogP contribution is -2.57. The Hall–Kier alpha value is -5.91. The molecule has 0 radical (unpaired) electrons. The number of aliphatic hydroxyl groups is 1. The summed E-state index contributed by atoms with van der Waals surface area (Å²) in [5.74, 6) is -10.8. The molecule has 0 unspecified atom stereocenters. The summed E-state index contributed by atoms with van der Waals surface area (Å²) in [6, 6.07) is -7.44. The summed E-state index contributed by atoms with van der Waals surface area (Å²) >= 11 is 0. The second-order valence-electron chi connectivity index (χ2n) is 10.9. The highest BCUT2D eigenvalue weighted by Crippen LogP contribution is 2.03. The van der Waals surface area contributed by atoms with Crippen LogP contribution in [0.2, 0.25) is 0 Å². The number of aliphatic hydroxyl groups excluding tert-OH is 1. The van der Waals surface area contributed by atoms with E-state index in [-0.39, 0.29) is 44.9 Å².